The van der Waals surface area contributed by atoms with Gasteiger partial charge in [-0.15, -0.1) is 0 Å². The van der Waals surface area contributed by atoms with Crippen LogP contribution in [-0.4, -0.2) is 11.5 Å². The molecule has 1 N–H and O–H groups in total. The van der Waals surface area contributed by atoms with E-state index in [9.17, 15) is 0 Å². The predicted octanol–water partition coefficient (Wildman–Crippen LogP) is 5.92. The van der Waals surface area contributed by atoms with Gasteiger partial charge in [-0.25, -0.2) is 0 Å². The number of rotatable bonds is 8. The van der Waals surface area contributed by atoms with Gasteiger partial charge in [0.25, 0.3) is 0 Å². The van der Waals surface area contributed by atoms with Crippen molar-refractivity contribution in [2.75, 3.05) is 11.9 Å². The third-order valence-electron chi connectivity index (χ3n) is 3.74. The first-order chi connectivity index (χ1) is 10.2. The van der Waals surface area contributed by atoms with Crippen LogP contribution >= 0.6 is 22.6 Å². The lowest BCUT2D eigenvalue weighted by atomic mass is 10.1. The molecule has 0 spiro atoms. The maximum absolute atomic E-state index is 4.61. The van der Waals surface area contributed by atoms with E-state index in [2.05, 4.69) is 71.0 Å². The van der Waals surface area contributed by atoms with E-state index < -0.39 is 0 Å². The molecule has 0 aliphatic heterocycles. The van der Waals surface area contributed by atoms with Crippen LogP contribution in [0.3, 0.4) is 0 Å². The minimum Gasteiger partial charge on any atom is -0.384 e. The number of pyridine rings is 1. The van der Waals surface area contributed by atoms with E-state index in [1.807, 2.05) is 0 Å². The van der Waals surface area contributed by atoms with Gasteiger partial charge in [-0.2, -0.15) is 0 Å². The molecule has 0 amide bonds. The van der Waals surface area contributed by atoms with Crippen molar-refractivity contribution >= 4 is 39.2 Å². The predicted molar refractivity (Wildman–Crippen MR) is 101 cm³/mol. The molecular formula is C18H25IN2. The standard InChI is InChI=1S/C18H25IN2/c1-3-4-5-6-7-8-11-20-18-12-14(2)21-17-10-9-15(19)13-16(17)18/h9-10,12-13H,3-8,11H2,1-2H3,(H,20,21). The van der Waals surface area contributed by atoms with Crippen LogP contribution in [0.15, 0.2) is 24.3 Å². The minimum absolute atomic E-state index is 1.05. The molecule has 0 bridgehead atoms. The van der Waals surface area contributed by atoms with Crippen LogP contribution in [0.25, 0.3) is 10.9 Å². The van der Waals surface area contributed by atoms with Crippen LogP contribution in [0.4, 0.5) is 5.69 Å². The van der Waals surface area contributed by atoms with Gasteiger partial charge in [-0.05, 0) is 60.2 Å². The Morgan fingerprint density at radius 3 is 2.62 bits per heavy atom. The molecule has 1 aromatic carbocycles. The lowest BCUT2D eigenvalue weighted by Crippen LogP contribution is -2.03. The quantitative estimate of drug-likeness (QED) is 0.443. The number of fused-ring (bicyclic) bond motifs is 1. The van der Waals surface area contributed by atoms with Gasteiger partial charge in [-0.3, -0.25) is 4.98 Å². The van der Waals surface area contributed by atoms with Crippen molar-refractivity contribution < 1.29 is 0 Å². The van der Waals surface area contributed by atoms with Crippen LogP contribution in [0.1, 0.15) is 51.1 Å². The van der Waals surface area contributed by atoms with E-state index >= 15 is 0 Å². The molecule has 0 saturated heterocycles. The fourth-order valence-electron chi connectivity index (χ4n) is 2.61. The Hall–Kier alpha value is -0.840. The number of hydrogen-bond acceptors (Lipinski definition) is 2. The second kappa shape index (κ2) is 8.57. The van der Waals surface area contributed by atoms with Gasteiger partial charge in [-0.1, -0.05) is 39.0 Å². The largest absolute Gasteiger partial charge is 0.384 e. The molecule has 2 aromatic rings. The maximum atomic E-state index is 4.61. The zero-order chi connectivity index (χ0) is 15.1. The first-order valence-electron chi connectivity index (χ1n) is 8.01. The summed E-state index contributed by atoms with van der Waals surface area (Å²) in [4.78, 5) is 4.61. The fourth-order valence-corrected chi connectivity index (χ4v) is 3.10. The lowest BCUT2D eigenvalue weighted by Gasteiger charge is -2.11. The second-order valence-electron chi connectivity index (χ2n) is 5.67. The highest BCUT2D eigenvalue weighted by atomic mass is 127. The van der Waals surface area contributed by atoms with Crippen molar-refractivity contribution in [3.8, 4) is 0 Å². The molecule has 21 heavy (non-hydrogen) atoms. The van der Waals surface area contributed by atoms with Crippen LogP contribution in [0, 0.1) is 10.5 Å². The van der Waals surface area contributed by atoms with E-state index in [-0.39, 0.29) is 0 Å². The van der Waals surface area contributed by atoms with Gasteiger partial charge >= 0.3 is 0 Å². The smallest absolute Gasteiger partial charge is 0.0726 e. The number of aryl methyl sites for hydroxylation is 1. The number of benzene rings is 1. The first kappa shape index (κ1) is 16.5. The highest BCUT2D eigenvalue weighted by molar-refractivity contribution is 14.1. The lowest BCUT2D eigenvalue weighted by molar-refractivity contribution is 0.617. The molecule has 0 unspecified atom stereocenters. The van der Waals surface area contributed by atoms with Crippen molar-refractivity contribution in [3.63, 3.8) is 0 Å². The molecule has 0 fully saturated rings. The average molecular weight is 396 g/mol. The number of unbranched alkanes of at least 4 members (excludes halogenated alkanes) is 5. The number of anilines is 1. The second-order valence-corrected chi connectivity index (χ2v) is 6.91. The first-order valence-corrected chi connectivity index (χ1v) is 9.09. The molecule has 1 aromatic heterocycles. The molecule has 2 rings (SSSR count). The Morgan fingerprint density at radius 1 is 1.05 bits per heavy atom. The van der Waals surface area contributed by atoms with E-state index in [0.29, 0.717) is 0 Å². The number of nitrogens with zero attached hydrogens (tertiary/aromatic N) is 1. The van der Waals surface area contributed by atoms with Gasteiger partial charge in [0.15, 0.2) is 0 Å². The van der Waals surface area contributed by atoms with Crippen molar-refractivity contribution in [1.82, 2.24) is 4.98 Å². The van der Waals surface area contributed by atoms with Crippen molar-refractivity contribution in [2.45, 2.75) is 52.4 Å². The summed E-state index contributed by atoms with van der Waals surface area (Å²) in [6.45, 7) is 5.38. The zero-order valence-corrected chi connectivity index (χ0v) is 15.2. The summed E-state index contributed by atoms with van der Waals surface area (Å²) in [5.41, 5.74) is 3.39. The van der Waals surface area contributed by atoms with Crippen molar-refractivity contribution in [1.29, 1.82) is 0 Å². The fraction of sp³-hybridized carbons (Fsp3) is 0.500. The van der Waals surface area contributed by atoms with E-state index in [1.54, 1.807) is 0 Å². The number of hydrogen-bond donors (Lipinski definition) is 1. The number of nitrogens with one attached hydrogen (secondary N) is 1. The van der Waals surface area contributed by atoms with E-state index in [1.165, 1.54) is 53.2 Å². The minimum atomic E-state index is 1.05. The van der Waals surface area contributed by atoms with Gasteiger partial charge < -0.3 is 5.32 Å². The topological polar surface area (TPSA) is 24.9 Å². The molecule has 0 aliphatic rings. The third-order valence-corrected chi connectivity index (χ3v) is 4.42. The van der Waals surface area contributed by atoms with Gasteiger partial charge in [0.05, 0.1) is 5.52 Å². The summed E-state index contributed by atoms with van der Waals surface area (Å²) in [5, 5.41) is 4.84. The maximum Gasteiger partial charge on any atom is 0.0726 e. The molecule has 1 heterocycles. The monoisotopic (exact) mass is 396 g/mol. The molecule has 3 heteroatoms. The molecule has 2 nitrogen and oxygen atoms in total. The van der Waals surface area contributed by atoms with Crippen LogP contribution in [0.2, 0.25) is 0 Å². The van der Waals surface area contributed by atoms with Crippen LogP contribution < -0.4 is 5.32 Å². The van der Waals surface area contributed by atoms with E-state index in [0.717, 1.165) is 17.8 Å². The third kappa shape index (κ3) is 5.13. The van der Waals surface area contributed by atoms with E-state index in [4.69, 9.17) is 0 Å². The zero-order valence-electron chi connectivity index (χ0n) is 13.1. The Morgan fingerprint density at radius 2 is 1.81 bits per heavy atom. The molecule has 0 aliphatic carbocycles. The Bertz CT molecular complexity index is 581. The van der Waals surface area contributed by atoms with Crippen LogP contribution in [0.5, 0.6) is 0 Å². The summed E-state index contributed by atoms with van der Waals surface area (Å²) >= 11 is 2.36. The number of aromatic nitrogens is 1. The Labute approximate surface area is 141 Å². The molecule has 0 saturated carbocycles. The Balaban J connectivity index is 1.93. The normalized spacial score (nSPS) is 11.0. The summed E-state index contributed by atoms with van der Waals surface area (Å²) < 4.78 is 1.26. The highest BCUT2D eigenvalue weighted by Gasteiger charge is 2.04. The summed E-state index contributed by atoms with van der Waals surface area (Å²) in [6, 6.07) is 8.61. The van der Waals surface area contributed by atoms with Crippen molar-refractivity contribution in [2.24, 2.45) is 0 Å². The van der Waals surface area contributed by atoms with Gasteiger partial charge in [0.1, 0.15) is 0 Å². The molecule has 0 radical (unpaired) electrons. The van der Waals surface area contributed by atoms with Crippen molar-refractivity contribution in [3.05, 3.63) is 33.5 Å². The molecular weight excluding hydrogens is 371 g/mol. The number of halogens is 1. The molecule has 114 valence electrons. The van der Waals surface area contributed by atoms with Gasteiger partial charge in [0.2, 0.25) is 0 Å². The highest BCUT2D eigenvalue weighted by Crippen LogP contribution is 2.25. The average Bonchev–Trinajstić information content (AvgIpc) is 2.47. The molecule has 0 atom stereocenters. The van der Waals surface area contributed by atoms with Crippen LogP contribution in [-0.2, 0) is 0 Å². The van der Waals surface area contributed by atoms with Gasteiger partial charge in [0, 0.05) is 26.9 Å². The summed E-state index contributed by atoms with van der Waals surface area (Å²) in [7, 11) is 0. The summed E-state index contributed by atoms with van der Waals surface area (Å²) in [5.74, 6) is 0. The Kier molecular flexibility index (Phi) is 6.74. The summed E-state index contributed by atoms with van der Waals surface area (Å²) in [6.07, 6.45) is 8.01. The SMILES string of the molecule is CCCCCCCCNc1cc(C)nc2ccc(I)cc12.